The van der Waals surface area contributed by atoms with Gasteiger partial charge in [0.05, 0.1) is 13.0 Å². The molecule has 0 fully saturated rings. The van der Waals surface area contributed by atoms with Gasteiger partial charge in [0.2, 0.25) is 17.7 Å². The normalized spacial score (nSPS) is 15.9. The Balaban J connectivity index is 5.26. The third kappa shape index (κ3) is 9.11. The van der Waals surface area contributed by atoms with Crippen molar-refractivity contribution >= 4 is 42.3 Å². The Morgan fingerprint density at radius 1 is 0.966 bits per heavy atom. The zero-order valence-corrected chi connectivity index (χ0v) is 17.0. The molecule has 5 atom stereocenters. The van der Waals surface area contributed by atoms with Gasteiger partial charge in [0, 0.05) is 5.75 Å². The summed E-state index contributed by atoms with van der Waals surface area (Å²) >= 11 is 3.95. The van der Waals surface area contributed by atoms with E-state index in [4.69, 9.17) is 21.1 Å². The van der Waals surface area contributed by atoms with Crippen molar-refractivity contribution in [2.24, 2.45) is 11.7 Å². The first-order valence-electron chi connectivity index (χ1n) is 8.81. The van der Waals surface area contributed by atoms with E-state index in [0.29, 0.717) is 6.42 Å². The van der Waals surface area contributed by atoms with Crippen LogP contribution in [-0.4, -0.2) is 81.5 Å². The number of carbonyl (C=O) groups is 5. The molecular weight excluding hydrogens is 408 g/mol. The number of aliphatic hydroxyl groups excluding tert-OH is 1. The number of nitrogens with one attached hydrogen (secondary N) is 3. The van der Waals surface area contributed by atoms with Gasteiger partial charge in [0.1, 0.15) is 24.2 Å². The van der Waals surface area contributed by atoms with Gasteiger partial charge in [-0.1, -0.05) is 20.3 Å². The van der Waals surface area contributed by atoms with Crippen LogP contribution in [0.2, 0.25) is 0 Å². The van der Waals surface area contributed by atoms with Crippen LogP contribution >= 0.6 is 12.6 Å². The van der Waals surface area contributed by atoms with Gasteiger partial charge in [-0.25, -0.2) is 4.79 Å². The quantitative estimate of drug-likeness (QED) is 0.141. The van der Waals surface area contributed by atoms with E-state index in [9.17, 15) is 24.0 Å². The first kappa shape index (κ1) is 26.6. The standard InChI is InChI=1S/C16H28N4O8S/c1-3-7(2)12(20-13(24)8(17)5-21)15(26)19-10(6-29)14(25)18-9(16(27)28)4-11(22)23/h7-10,12,21,29H,3-6,17H2,1-2H3,(H,18,25)(H,19,26)(H,20,24)(H,22,23)(H,27,28). The lowest BCUT2D eigenvalue weighted by Gasteiger charge is -2.27. The molecule has 0 rings (SSSR count). The maximum atomic E-state index is 12.6. The summed E-state index contributed by atoms with van der Waals surface area (Å²) in [6.07, 6.45) is -0.358. The van der Waals surface area contributed by atoms with Crippen molar-refractivity contribution in [3.8, 4) is 0 Å². The van der Waals surface area contributed by atoms with Crippen LogP contribution in [0.25, 0.3) is 0 Å². The zero-order chi connectivity index (χ0) is 22.7. The van der Waals surface area contributed by atoms with Crippen LogP contribution in [0.3, 0.4) is 0 Å². The van der Waals surface area contributed by atoms with Gasteiger partial charge < -0.3 is 37.0 Å². The molecule has 166 valence electrons. The van der Waals surface area contributed by atoms with Crippen molar-refractivity contribution in [3.63, 3.8) is 0 Å². The molecule has 0 aliphatic heterocycles. The molecule has 0 saturated carbocycles. The maximum absolute atomic E-state index is 12.6. The number of rotatable bonds is 13. The number of carboxylic acids is 2. The Morgan fingerprint density at radius 3 is 1.93 bits per heavy atom. The number of carboxylic acid groups (broad SMARTS) is 2. The minimum atomic E-state index is -1.69. The second-order valence-corrected chi connectivity index (χ2v) is 6.77. The highest BCUT2D eigenvalue weighted by Gasteiger charge is 2.32. The Hall–Kier alpha value is -2.38. The lowest BCUT2D eigenvalue weighted by atomic mass is 9.97. The van der Waals surface area contributed by atoms with E-state index in [1.54, 1.807) is 13.8 Å². The number of aliphatic carboxylic acids is 2. The van der Waals surface area contributed by atoms with Gasteiger partial charge in [0.25, 0.3) is 0 Å². The molecule has 0 radical (unpaired) electrons. The van der Waals surface area contributed by atoms with E-state index in [2.05, 4.69) is 23.3 Å². The number of carbonyl (C=O) groups excluding carboxylic acids is 3. The third-order valence-electron chi connectivity index (χ3n) is 4.14. The smallest absolute Gasteiger partial charge is 0.326 e. The van der Waals surface area contributed by atoms with Crippen LogP contribution in [0, 0.1) is 5.92 Å². The van der Waals surface area contributed by atoms with Crippen molar-refractivity contribution in [3.05, 3.63) is 0 Å². The van der Waals surface area contributed by atoms with E-state index in [1.807, 2.05) is 5.32 Å². The molecule has 3 amide bonds. The Kier molecular flexibility index (Phi) is 11.9. The van der Waals surface area contributed by atoms with Gasteiger partial charge in [-0.15, -0.1) is 0 Å². The van der Waals surface area contributed by atoms with E-state index in [0.717, 1.165) is 0 Å². The molecule has 0 spiro atoms. The molecule has 8 N–H and O–H groups in total. The summed E-state index contributed by atoms with van der Waals surface area (Å²) in [5.74, 6) is -5.98. The van der Waals surface area contributed by atoms with E-state index >= 15 is 0 Å². The van der Waals surface area contributed by atoms with Gasteiger partial charge in [0.15, 0.2) is 0 Å². The number of hydrogen-bond acceptors (Lipinski definition) is 8. The molecule has 5 unspecified atom stereocenters. The summed E-state index contributed by atoms with van der Waals surface area (Å²) in [5.41, 5.74) is 5.43. The van der Waals surface area contributed by atoms with Crippen molar-refractivity contribution in [2.75, 3.05) is 12.4 Å². The van der Waals surface area contributed by atoms with Crippen LogP contribution in [0.1, 0.15) is 26.7 Å². The fourth-order valence-electron chi connectivity index (χ4n) is 2.15. The average molecular weight is 436 g/mol. The van der Waals surface area contributed by atoms with Gasteiger partial charge in [-0.2, -0.15) is 12.6 Å². The summed E-state index contributed by atoms with van der Waals surface area (Å²) in [6.45, 7) is 2.83. The highest BCUT2D eigenvalue weighted by molar-refractivity contribution is 7.80. The first-order valence-corrected chi connectivity index (χ1v) is 9.44. The lowest BCUT2D eigenvalue weighted by Crippen LogP contribution is -2.59. The average Bonchev–Trinajstić information content (AvgIpc) is 2.67. The number of hydrogen-bond donors (Lipinski definition) is 8. The largest absolute Gasteiger partial charge is 0.481 e. The second-order valence-electron chi connectivity index (χ2n) is 6.40. The SMILES string of the molecule is CCC(C)C(NC(=O)C(N)CO)C(=O)NC(CS)C(=O)NC(CC(=O)O)C(=O)O. The predicted molar refractivity (Wildman–Crippen MR) is 104 cm³/mol. The highest BCUT2D eigenvalue weighted by Crippen LogP contribution is 2.09. The molecule has 29 heavy (non-hydrogen) atoms. The Labute approximate surface area is 173 Å². The van der Waals surface area contributed by atoms with Crippen LogP contribution < -0.4 is 21.7 Å². The second kappa shape index (κ2) is 13.0. The number of thiol groups is 1. The molecule has 0 aromatic rings. The van der Waals surface area contributed by atoms with Gasteiger partial charge >= 0.3 is 11.9 Å². The number of amides is 3. The van der Waals surface area contributed by atoms with Gasteiger partial charge in [-0.3, -0.25) is 19.2 Å². The molecule has 0 heterocycles. The predicted octanol–water partition coefficient (Wildman–Crippen LogP) is -2.70. The first-order chi connectivity index (χ1) is 13.5. The van der Waals surface area contributed by atoms with Crippen molar-refractivity contribution < 1.29 is 39.3 Å². The van der Waals surface area contributed by atoms with Crippen LogP contribution in [0.4, 0.5) is 0 Å². The van der Waals surface area contributed by atoms with Crippen LogP contribution in [0.5, 0.6) is 0 Å². The molecule has 0 aliphatic carbocycles. The minimum Gasteiger partial charge on any atom is -0.481 e. The minimum absolute atomic E-state index is 0.214. The summed E-state index contributed by atoms with van der Waals surface area (Å²) in [5, 5.41) is 33.5. The highest BCUT2D eigenvalue weighted by atomic mass is 32.1. The van der Waals surface area contributed by atoms with Crippen LogP contribution in [0.15, 0.2) is 0 Å². The van der Waals surface area contributed by atoms with Gasteiger partial charge in [-0.05, 0) is 5.92 Å². The molecule has 0 saturated heterocycles. The molecule has 0 aromatic heterocycles. The van der Waals surface area contributed by atoms with E-state index < -0.39 is 66.9 Å². The lowest BCUT2D eigenvalue weighted by molar-refractivity contribution is -0.147. The topological polar surface area (TPSA) is 208 Å². The van der Waals surface area contributed by atoms with Crippen molar-refractivity contribution in [1.82, 2.24) is 16.0 Å². The summed E-state index contributed by atoms with van der Waals surface area (Å²) < 4.78 is 0. The fraction of sp³-hybridized carbons (Fsp3) is 0.688. The fourth-order valence-corrected chi connectivity index (χ4v) is 2.40. The molecule has 12 nitrogen and oxygen atoms in total. The number of aliphatic hydroxyl groups is 1. The Morgan fingerprint density at radius 2 is 1.52 bits per heavy atom. The summed E-state index contributed by atoms with van der Waals surface area (Å²) in [7, 11) is 0. The summed E-state index contributed by atoms with van der Waals surface area (Å²) in [4.78, 5) is 58.6. The maximum Gasteiger partial charge on any atom is 0.326 e. The molecular formula is C16H28N4O8S. The zero-order valence-electron chi connectivity index (χ0n) is 16.1. The molecule has 13 heteroatoms. The van der Waals surface area contributed by atoms with Crippen LogP contribution in [-0.2, 0) is 24.0 Å². The van der Waals surface area contributed by atoms with E-state index in [-0.39, 0.29) is 11.7 Å². The molecule has 0 aliphatic rings. The van der Waals surface area contributed by atoms with E-state index in [1.165, 1.54) is 0 Å². The molecule has 0 bridgehead atoms. The monoisotopic (exact) mass is 436 g/mol. The Bertz CT molecular complexity index is 618. The van der Waals surface area contributed by atoms with Crippen molar-refractivity contribution in [1.29, 1.82) is 0 Å². The van der Waals surface area contributed by atoms with Crippen molar-refractivity contribution in [2.45, 2.75) is 50.9 Å². The molecule has 0 aromatic carbocycles. The summed E-state index contributed by atoms with van der Waals surface area (Å²) in [6, 6.07) is -5.27. The third-order valence-corrected chi connectivity index (χ3v) is 4.50. The number of nitrogens with two attached hydrogens (primary N) is 1.